The van der Waals surface area contributed by atoms with E-state index >= 15 is 0 Å². The number of aliphatic hydroxyl groups is 1. The van der Waals surface area contributed by atoms with Crippen molar-refractivity contribution in [3.05, 3.63) is 0 Å². The summed E-state index contributed by atoms with van der Waals surface area (Å²) in [7, 11) is 0. The van der Waals surface area contributed by atoms with Gasteiger partial charge in [-0.25, -0.2) is 0 Å². The van der Waals surface area contributed by atoms with Gasteiger partial charge in [-0.3, -0.25) is 4.90 Å². The maximum Gasteiger partial charge on any atom is 0.0618 e. The summed E-state index contributed by atoms with van der Waals surface area (Å²) in [6.07, 6.45) is 4.97. The quantitative estimate of drug-likeness (QED) is 0.712. The predicted molar refractivity (Wildman–Crippen MR) is 61.9 cm³/mol. The van der Waals surface area contributed by atoms with Gasteiger partial charge in [0.25, 0.3) is 0 Å². The minimum Gasteiger partial charge on any atom is -0.394 e. The Kier molecular flexibility index (Phi) is 3.65. The van der Waals surface area contributed by atoms with Crippen LogP contribution in [0.15, 0.2) is 0 Å². The molecule has 2 unspecified atom stereocenters. The fraction of sp³-hybridized carbons (Fsp3) is 1.00. The fourth-order valence-electron chi connectivity index (χ4n) is 3.33. The van der Waals surface area contributed by atoms with Gasteiger partial charge in [0, 0.05) is 25.2 Å². The lowest BCUT2D eigenvalue weighted by atomic mass is 9.87. The van der Waals surface area contributed by atoms with E-state index in [0.29, 0.717) is 12.5 Å². The van der Waals surface area contributed by atoms with Crippen molar-refractivity contribution < 1.29 is 5.11 Å². The summed E-state index contributed by atoms with van der Waals surface area (Å²) in [5.74, 6) is 0.653. The number of nitrogens with zero attached hydrogens (tertiary/aromatic N) is 1. The molecule has 3 heteroatoms. The van der Waals surface area contributed by atoms with Crippen LogP contribution in [0.4, 0.5) is 0 Å². The number of rotatable bonds is 2. The number of nitrogens with one attached hydrogen (secondary N) is 1. The standard InChI is InChI=1S/C12H24N2O/c1-11-4-2-5-12(11,10-15)14-8-3-6-13-7-9-14/h11,13,15H,2-10H2,1H3. The van der Waals surface area contributed by atoms with Gasteiger partial charge in [-0.05, 0) is 31.7 Å². The summed E-state index contributed by atoms with van der Waals surface area (Å²) >= 11 is 0. The first-order chi connectivity index (χ1) is 7.29. The average Bonchev–Trinajstić information content (AvgIpc) is 2.49. The molecule has 1 heterocycles. The van der Waals surface area contributed by atoms with Gasteiger partial charge in [0.1, 0.15) is 0 Å². The molecule has 0 aromatic heterocycles. The Morgan fingerprint density at radius 1 is 1.33 bits per heavy atom. The summed E-state index contributed by atoms with van der Waals surface area (Å²) in [5.41, 5.74) is 0.103. The smallest absolute Gasteiger partial charge is 0.0618 e. The van der Waals surface area contributed by atoms with E-state index in [4.69, 9.17) is 0 Å². The van der Waals surface area contributed by atoms with Gasteiger partial charge >= 0.3 is 0 Å². The molecule has 2 atom stereocenters. The molecule has 0 spiro atoms. The summed E-state index contributed by atoms with van der Waals surface area (Å²) < 4.78 is 0. The minimum absolute atomic E-state index is 0.103. The molecule has 2 rings (SSSR count). The summed E-state index contributed by atoms with van der Waals surface area (Å²) in [6, 6.07) is 0. The van der Waals surface area contributed by atoms with Crippen LogP contribution >= 0.6 is 0 Å². The van der Waals surface area contributed by atoms with E-state index in [2.05, 4.69) is 17.1 Å². The zero-order valence-electron chi connectivity index (χ0n) is 9.84. The van der Waals surface area contributed by atoms with E-state index in [1.807, 2.05) is 0 Å². The van der Waals surface area contributed by atoms with Gasteiger partial charge in [0.05, 0.1) is 6.61 Å². The molecule has 88 valence electrons. The summed E-state index contributed by atoms with van der Waals surface area (Å²) in [6.45, 7) is 7.11. The third-order valence-electron chi connectivity index (χ3n) is 4.41. The van der Waals surface area contributed by atoms with E-state index in [-0.39, 0.29) is 5.54 Å². The van der Waals surface area contributed by atoms with Crippen LogP contribution in [0.25, 0.3) is 0 Å². The first-order valence-corrected chi connectivity index (χ1v) is 6.36. The van der Waals surface area contributed by atoms with Crippen molar-refractivity contribution in [1.29, 1.82) is 0 Å². The van der Waals surface area contributed by atoms with Crippen molar-refractivity contribution in [2.24, 2.45) is 5.92 Å². The second-order valence-corrected chi connectivity index (χ2v) is 5.15. The van der Waals surface area contributed by atoms with Gasteiger partial charge in [-0.2, -0.15) is 0 Å². The van der Waals surface area contributed by atoms with Crippen molar-refractivity contribution in [1.82, 2.24) is 10.2 Å². The third kappa shape index (κ3) is 2.05. The molecule has 0 aromatic rings. The van der Waals surface area contributed by atoms with Crippen LogP contribution < -0.4 is 5.32 Å². The molecule has 1 aliphatic heterocycles. The molecule has 0 amide bonds. The zero-order chi connectivity index (χ0) is 10.7. The predicted octanol–water partition coefficient (Wildman–Crippen LogP) is 0.833. The Balaban J connectivity index is 2.09. The number of hydrogen-bond acceptors (Lipinski definition) is 3. The lowest BCUT2D eigenvalue weighted by molar-refractivity contribution is 0.00892. The highest BCUT2D eigenvalue weighted by Gasteiger charge is 2.44. The molecular weight excluding hydrogens is 188 g/mol. The lowest BCUT2D eigenvalue weighted by Crippen LogP contribution is -2.54. The van der Waals surface area contributed by atoms with E-state index in [1.165, 1.54) is 25.7 Å². The Morgan fingerprint density at radius 3 is 2.87 bits per heavy atom. The molecule has 3 nitrogen and oxygen atoms in total. The van der Waals surface area contributed by atoms with E-state index in [9.17, 15) is 5.11 Å². The lowest BCUT2D eigenvalue weighted by Gasteiger charge is -2.43. The molecule has 2 fully saturated rings. The fourth-order valence-corrected chi connectivity index (χ4v) is 3.33. The van der Waals surface area contributed by atoms with Gasteiger partial charge in [-0.15, -0.1) is 0 Å². The van der Waals surface area contributed by atoms with Crippen LogP contribution in [-0.2, 0) is 0 Å². The SMILES string of the molecule is CC1CCCC1(CO)N1CCCNCC1. The molecule has 2 N–H and O–H groups in total. The average molecular weight is 212 g/mol. The van der Waals surface area contributed by atoms with Crippen LogP contribution in [0.2, 0.25) is 0 Å². The Hall–Kier alpha value is -0.120. The third-order valence-corrected chi connectivity index (χ3v) is 4.41. The second-order valence-electron chi connectivity index (χ2n) is 5.15. The second kappa shape index (κ2) is 4.81. The molecule has 0 bridgehead atoms. The van der Waals surface area contributed by atoms with Crippen LogP contribution in [0.5, 0.6) is 0 Å². The maximum absolute atomic E-state index is 9.77. The Morgan fingerprint density at radius 2 is 2.20 bits per heavy atom. The van der Waals surface area contributed by atoms with Crippen molar-refractivity contribution in [3.63, 3.8) is 0 Å². The summed E-state index contributed by atoms with van der Waals surface area (Å²) in [5, 5.41) is 13.2. The van der Waals surface area contributed by atoms with Gasteiger partial charge in [0.15, 0.2) is 0 Å². The van der Waals surface area contributed by atoms with Crippen LogP contribution in [0, 0.1) is 5.92 Å². The van der Waals surface area contributed by atoms with Crippen molar-refractivity contribution in [3.8, 4) is 0 Å². The monoisotopic (exact) mass is 212 g/mol. The maximum atomic E-state index is 9.77. The van der Waals surface area contributed by atoms with E-state index < -0.39 is 0 Å². The molecule has 1 saturated heterocycles. The van der Waals surface area contributed by atoms with Gasteiger partial charge in [-0.1, -0.05) is 13.3 Å². The first-order valence-electron chi connectivity index (χ1n) is 6.36. The molecule has 1 aliphatic carbocycles. The molecule has 15 heavy (non-hydrogen) atoms. The van der Waals surface area contributed by atoms with Gasteiger partial charge in [0.2, 0.25) is 0 Å². The van der Waals surface area contributed by atoms with Crippen LogP contribution in [0.1, 0.15) is 32.6 Å². The molecule has 0 radical (unpaired) electrons. The molecule has 2 aliphatic rings. The molecular formula is C12H24N2O. The van der Waals surface area contributed by atoms with Crippen molar-refractivity contribution >= 4 is 0 Å². The minimum atomic E-state index is 0.103. The highest BCUT2D eigenvalue weighted by Crippen LogP contribution is 2.40. The number of aliphatic hydroxyl groups excluding tert-OH is 1. The Labute approximate surface area is 92.8 Å². The highest BCUT2D eigenvalue weighted by atomic mass is 16.3. The Bertz CT molecular complexity index is 202. The van der Waals surface area contributed by atoms with Crippen molar-refractivity contribution in [2.45, 2.75) is 38.1 Å². The largest absolute Gasteiger partial charge is 0.394 e. The van der Waals surface area contributed by atoms with Crippen molar-refractivity contribution in [2.75, 3.05) is 32.8 Å². The molecule has 0 aromatic carbocycles. The highest BCUT2D eigenvalue weighted by molar-refractivity contribution is 4.99. The number of hydrogen-bond donors (Lipinski definition) is 2. The first kappa shape index (κ1) is 11.4. The van der Waals surface area contributed by atoms with Gasteiger partial charge < -0.3 is 10.4 Å². The molecule has 1 saturated carbocycles. The topological polar surface area (TPSA) is 35.5 Å². The van der Waals surface area contributed by atoms with E-state index in [0.717, 1.165) is 26.2 Å². The van der Waals surface area contributed by atoms with E-state index in [1.54, 1.807) is 0 Å². The van der Waals surface area contributed by atoms with Crippen LogP contribution in [0.3, 0.4) is 0 Å². The summed E-state index contributed by atoms with van der Waals surface area (Å²) in [4.78, 5) is 2.55. The zero-order valence-corrected chi connectivity index (χ0v) is 9.84. The van der Waals surface area contributed by atoms with Crippen LogP contribution in [-0.4, -0.2) is 48.3 Å². The normalized spacial score (nSPS) is 39.2.